The van der Waals surface area contributed by atoms with Gasteiger partial charge >= 0.3 is 5.97 Å². The number of aliphatic carboxylic acids is 1. The van der Waals surface area contributed by atoms with E-state index in [2.05, 4.69) is 29.2 Å². The summed E-state index contributed by atoms with van der Waals surface area (Å²) in [7, 11) is 0. The smallest absolute Gasteiger partial charge is 0.307 e. The van der Waals surface area contributed by atoms with Gasteiger partial charge in [0.1, 0.15) is 0 Å². The number of carboxylic acids is 1. The summed E-state index contributed by atoms with van der Waals surface area (Å²) in [6.07, 6.45) is 4.74. The Kier molecular flexibility index (Phi) is 6.73. The summed E-state index contributed by atoms with van der Waals surface area (Å²) in [6, 6.07) is 18.4. The van der Waals surface area contributed by atoms with E-state index in [1.54, 1.807) is 0 Å². The maximum Gasteiger partial charge on any atom is 0.307 e. The molecule has 4 rings (SSSR count). The molecule has 1 amide bonds. The average Bonchev–Trinajstić information content (AvgIpc) is 2.81. The van der Waals surface area contributed by atoms with Gasteiger partial charge in [-0.2, -0.15) is 0 Å². The molecule has 6 heteroatoms. The highest BCUT2D eigenvalue weighted by Gasteiger charge is 2.38. The Morgan fingerprint density at radius 1 is 0.839 bits per heavy atom. The summed E-state index contributed by atoms with van der Waals surface area (Å²) in [5, 5.41) is 10.2. The highest BCUT2D eigenvalue weighted by Crippen LogP contribution is 2.32. The van der Waals surface area contributed by atoms with Crippen molar-refractivity contribution in [3.05, 3.63) is 82.9 Å². The lowest BCUT2D eigenvalue weighted by molar-refractivity contribution is -0.151. The predicted molar refractivity (Wildman–Crippen MR) is 121 cm³/mol. The van der Waals surface area contributed by atoms with Crippen molar-refractivity contribution in [2.75, 3.05) is 26.2 Å². The van der Waals surface area contributed by atoms with E-state index in [0.29, 0.717) is 31.0 Å². The van der Waals surface area contributed by atoms with Crippen LogP contribution in [-0.2, 0) is 9.59 Å². The van der Waals surface area contributed by atoms with Gasteiger partial charge in [-0.05, 0) is 36.1 Å². The van der Waals surface area contributed by atoms with Crippen molar-refractivity contribution in [3.8, 4) is 0 Å². The summed E-state index contributed by atoms with van der Waals surface area (Å²) in [5.41, 5.74) is 2.37. The molecule has 0 radical (unpaired) electrons. The van der Waals surface area contributed by atoms with Crippen LogP contribution in [0.4, 0.5) is 0 Å². The van der Waals surface area contributed by atoms with Gasteiger partial charge in [0.15, 0.2) is 0 Å². The predicted octanol–water partition coefficient (Wildman–Crippen LogP) is 4.24. The zero-order chi connectivity index (χ0) is 21.8. The normalized spacial score (nSPS) is 22.8. The maximum absolute atomic E-state index is 13.1. The lowest BCUT2D eigenvalue weighted by atomic mass is 9.82. The summed E-state index contributed by atoms with van der Waals surface area (Å²) in [6.45, 7) is 2.66. The van der Waals surface area contributed by atoms with Crippen LogP contribution >= 0.6 is 11.6 Å². The van der Waals surface area contributed by atoms with Crippen molar-refractivity contribution >= 4 is 23.5 Å². The molecule has 0 bridgehead atoms. The minimum atomic E-state index is -0.881. The van der Waals surface area contributed by atoms with E-state index in [9.17, 15) is 14.7 Å². The molecule has 1 fully saturated rings. The molecule has 3 unspecified atom stereocenters. The zero-order valence-electron chi connectivity index (χ0n) is 17.4. The van der Waals surface area contributed by atoms with E-state index in [4.69, 9.17) is 11.6 Å². The fourth-order valence-electron chi connectivity index (χ4n) is 4.69. The van der Waals surface area contributed by atoms with Crippen molar-refractivity contribution < 1.29 is 14.7 Å². The lowest BCUT2D eigenvalue weighted by Crippen LogP contribution is -2.52. The van der Waals surface area contributed by atoms with E-state index >= 15 is 0 Å². The van der Waals surface area contributed by atoms with Gasteiger partial charge in [0.25, 0.3) is 0 Å². The molecule has 0 aromatic heterocycles. The first kappa shape index (κ1) is 21.6. The van der Waals surface area contributed by atoms with Crippen molar-refractivity contribution in [1.82, 2.24) is 9.80 Å². The molecule has 1 N–H and O–H groups in total. The quantitative estimate of drug-likeness (QED) is 0.709. The Morgan fingerprint density at radius 3 is 2.03 bits per heavy atom. The number of carbonyl (C=O) groups is 2. The van der Waals surface area contributed by atoms with Gasteiger partial charge in [-0.25, -0.2) is 0 Å². The van der Waals surface area contributed by atoms with Gasteiger partial charge < -0.3 is 10.0 Å². The first-order valence-corrected chi connectivity index (χ1v) is 11.1. The van der Waals surface area contributed by atoms with Crippen molar-refractivity contribution in [3.63, 3.8) is 0 Å². The molecule has 162 valence electrons. The molecular formula is C25H27ClN2O3. The van der Waals surface area contributed by atoms with Gasteiger partial charge in [0, 0.05) is 31.2 Å². The summed E-state index contributed by atoms with van der Waals surface area (Å²) in [4.78, 5) is 29.0. The molecule has 1 aliphatic carbocycles. The van der Waals surface area contributed by atoms with E-state index in [1.807, 2.05) is 47.4 Å². The Bertz CT molecular complexity index is 937. The number of carboxylic acid groups (broad SMARTS) is 1. The van der Waals surface area contributed by atoms with E-state index in [-0.39, 0.29) is 11.9 Å². The van der Waals surface area contributed by atoms with Crippen LogP contribution in [0.3, 0.4) is 0 Å². The molecule has 0 saturated carbocycles. The van der Waals surface area contributed by atoms with Crippen LogP contribution in [0.1, 0.15) is 30.0 Å². The van der Waals surface area contributed by atoms with Crippen molar-refractivity contribution in [2.45, 2.75) is 18.9 Å². The summed E-state index contributed by atoms with van der Waals surface area (Å²) >= 11 is 6.11. The number of amides is 1. The van der Waals surface area contributed by atoms with Crippen LogP contribution in [0.25, 0.3) is 0 Å². The third-order valence-electron chi connectivity index (χ3n) is 6.36. The van der Waals surface area contributed by atoms with Crippen molar-refractivity contribution in [2.24, 2.45) is 11.8 Å². The number of carbonyl (C=O) groups excluding carboxylic acids is 1. The molecule has 1 aliphatic heterocycles. The second-order valence-corrected chi connectivity index (χ2v) is 8.66. The summed E-state index contributed by atoms with van der Waals surface area (Å²) < 4.78 is 0. The molecule has 1 saturated heterocycles. The standard InChI is InChI=1S/C25H27ClN2O3/c26-20-12-10-19(11-13-20)23(18-6-2-1-3-7-18)27-14-16-28(17-15-27)24(29)21-8-4-5-9-22(21)25(30)31/h1-7,10-13,21-23H,8-9,14-17H2,(H,30,31). The monoisotopic (exact) mass is 438 g/mol. The molecular weight excluding hydrogens is 412 g/mol. The number of rotatable bonds is 5. The van der Waals surface area contributed by atoms with Crippen molar-refractivity contribution in [1.29, 1.82) is 0 Å². The van der Waals surface area contributed by atoms with Crippen LogP contribution in [0.5, 0.6) is 0 Å². The first-order chi connectivity index (χ1) is 15.0. The van der Waals surface area contributed by atoms with Crippen LogP contribution < -0.4 is 0 Å². The number of hydrogen-bond acceptors (Lipinski definition) is 3. The van der Waals surface area contributed by atoms with Gasteiger partial charge in [-0.3, -0.25) is 14.5 Å². The Labute approximate surface area is 187 Å². The van der Waals surface area contributed by atoms with Crippen LogP contribution in [0.2, 0.25) is 5.02 Å². The van der Waals surface area contributed by atoms with Crippen LogP contribution in [0, 0.1) is 11.8 Å². The largest absolute Gasteiger partial charge is 0.481 e. The lowest BCUT2D eigenvalue weighted by Gasteiger charge is -2.41. The summed E-state index contributed by atoms with van der Waals surface area (Å²) in [5.74, 6) is -2.00. The van der Waals surface area contributed by atoms with E-state index in [0.717, 1.165) is 13.1 Å². The number of hydrogen-bond donors (Lipinski definition) is 1. The zero-order valence-corrected chi connectivity index (χ0v) is 18.1. The molecule has 1 heterocycles. The molecule has 31 heavy (non-hydrogen) atoms. The van der Waals surface area contributed by atoms with Crippen LogP contribution in [-0.4, -0.2) is 53.0 Å². The Morgan fingerprint density at radius 2 is 1.42 bits per heavy atom. The molecule has 2 aromatic rings. The fraction of sp³-hybridized carbons (Fsp3) is 0.360. The Hall–Kier alpha value is -2.63. The third kappa shape index (κ3) is 4.83. The number of halogens is 1. The van der Waals surface area contributed by atoms with Gasteiger partial charge in [-0.15, -0.1) is 0 Å². The van der Waals surface area contributed by atoms with Gasteiger partial charge in [0.05, 0.1) is 17.9 Å². The number of allylic oxidation sites excluding steroid dienone is 2. The highest BCUT2D eigenvalue weighted by atomic mass is 35.5. The molecule has 2 aromatic carbocycles. The topological polar surface area (TPSA) is 60.9 Å². The first-order valence-electron chi connectivity index (χ1n) is 10.8. The highest BCUT2D eigenvalue weighted by molar-refractivity contribution is 6.30. The second-order valence-electron chi connectivity index (χ2n) is 8.22. The number of piperazine rings is 1. The van der Waals surface area contributed by atoms with Gasteiger partial charge in [0.2, 0.25) is 5.91 Å². The molecule has 2 aliphatic rings. The third-order valence-corrected chi connectivity index (χ3v) is 6.61. The maximum atomic E-state index is 13.1. The minimum absolute atomic E-state index is 0.0286. The Balaban J connectivity index is 1.49. The average molecular weight is 439 g/mol. The molecule has 0 spiro atoms. The van der Waals surface area contributed by atoms with E-state index in [1.165, 1.54) is 11.1 Å². The number of benzene rings is 2. The molecule has 3 atom stereocenters. The number of nitrogens with zero attached hydrogens (tertiary/aromatic N) is 2. The van der Waals surface area contributed by atoms with Gasteiger partial charge in [-0.1, -0.05) is 66.2 Å². The SMILES string of the molecule is O=C(O)C1CC=CCC1C(=O)N1CCN(C(c2ccccc2)c2ccc(Cl)cc2)CC1. The van der Waals surface area contributed by atoms with E-state index < -0.39 is 17.8 Å². The fourth-order valence-corrected chi connectivity index (χ4v) is 4.82. The second kappa shape index (κ2) is 9.67. The molecule has 5 nitrogen and oxygen atoms in total. The van der Waals surface area contributed by atoms with Crippen LogP contribution in [0.15, 0.2) is 66.7 Å². The minimum Gasteiger partial charge on any atom is -0.481 e.